The zero-order chi connectivity index (χ0) is 19.8. The first-order valence-electron chi connectivity index (χ1n) is 8.68. The number of halogens is 1. The van der Waals surface area contributed by atoms with Gasteiger partial charge in [0.1, 0.15) is 0 Å². The van der Waals surface area contributed by atoms with Gasteiger partial charge in [-0.2, -0.15) is 0 Å². The van der Waals surface area contributed by atoms with Gasteiger partial charge in [-0.1, -0.05) is 17.7 Å². The summed E-state index contributed by atoms with van der Waals surface area (Å²) in [5.41, 5.74) is 2.77. The molecule has 2 aromatic carbocycles. The molecule has 0 unspecified atom stereocenters. The molecule has 0 saturated carbocycles. The van der Waals surface area contributed by atoms with E-state index in [9.17, 15) is 4.79 Å². The third kappa shape index (κ3) is 5.56. The van der Waals surface area contributed by atoms with E-state index in [4.69, 9.17) is 16.3 Å². The third-order valence-electron chi connectivity index (χ3n) is 3.88. The van der Waals surface area contributed by atoms with Gasteiger partial charge in [-0.05, 0) is 66.5 Å². The van der Waals surface area contributed by atoms with Crippen molar-refractivity contribution < 1.29 is 9.53 Å². The van der Waals surface area contributed by atoms with Crippen LogP contribution in [-0.4, -0.2) is 31.2 Å². The number of ether oxygens (including phenoxy) is 1. The van der Waals surface area contributed by atoms with E-state index in [2.05, 4.69) is 15.0 Å². The smallest absolute Gasteiger partial charge is 0.255 e. The summed E-state index contributed by atoms with van der Waals surface area (Å²) in [5.74, 6) is -0.182. The highest BCUT2D eigenvalue weighted by atomic mass is 35.5. The fraction of sp³-hybridized carbons (Fsp3) is 0.143. The molecule has 0 bridgehead atoms. The molecular formula is C21H20ClN3O2S. The summed E-state index contributed by atoms with van der Waals surface area (Å²) in [6.45, 7) is 1.40. The SMILES string of the molecule is COCCNSc1ccc(C(=O)Nc2ccc(Cl)c(-c3ccccn3)c2)cc1. The Morgan fingerprint density at radius 2 is 1.96 bits per heavy atom. The van der Waals surface area contributed by atoms with Gasteiger partial charge in [0.05, 0.1) is 17.3 Å². The predicted octanol–water partition coefficient (Wildman–Crippen LogP) is 4.90. The van der Waals surface area contributed by atoms with E-state index in [0.717, 1.165) is 22.7 Å². The number of benzene rings is 2. The lowest BCUT2D eigenvalue weighted by atomic mass is 10.1. The lowest BCUT2D eigenvalue weighted by Gasteiger charge is -2.10. The number of amides is 1. The largest absolute Gasteiger partial charge is 0.383 e. The molecule has 5 nitrogen and oxygen atoms in total. The first-order chi connectivity index (χ1) is 13.7. The maximum atomic E-state index is 12.6. The maximum Gasteiger partial charge on any atom is 0.255 e. The number of carbonyl (C=O) groups is 1. The van der Waals surface area contributed by atoms with Gasteiger partial charge < -0.3 is 10.1 Å². The van der Waals surface area contributed by atoms with Gasteiger partial charge in [0.15, 0.2) is 0 Å². The van der Waals surface area contributed by atoms with E-state index < -0.39 is 0 Å². The Bertz CT molecular complexity index is 921. The molecule has 3 rings (SSSR count). The number of nitrogens with one attached hydrogen (secondary N) is 2. The highest BCUT2D eigenvalue weighted by Gasteiger charge is 2.10. The lowest BCUT2D eigenvalue weighted by Crippen LogP contribution is -2.12. The van der Waals surface area contributed by atoms with Gasteiger partial charge in [-0.25, -0.2) is 0 Å². The average Bonchev–Trinajstić information content (AvgIpc) is 2.73. The predicted molar refractivity (Wildman–Crippen MR) is 115 cm³/mol. The van der Waals surface area contributed by atoms with Crippen molar-refractivity contribution in [2.45, 2.75) is 4.90 Å². The van der Waals surface area contributed by atoms with Crippen LogP contribution in [0.2, 0.25) is 5.02 Å². The monoisotopic (exact) mass is 413 g/mol. The molecule has 0 radical (unpaired) electrons. The third-order valence-corrected chi connectivity index (χ3v) is 5.07. The van der Waals surface area contributed by atoms with Crippen LogP contribution in [0.15, 0.2) is 71.8 Å². The van der Waals surface area contributed by atoms with E-state index >= 15 is 0 Å². The Labute approximate surface area is 173 Å². The Hall–Kier alpha value is -2.38. The molecule has 1 heterocycles. The topological polar surface area (TPSA) is 63.2 Å². The van der Waals surface area contributed by atoms with Gasteiger partial charge >= 0.3 is 0 Å². The minimum absolute atomic E-state index is 0.182. The normalized spacial score (nSPS) is 10.6. The molecule has 7 heteroatoms. The van der Waals surface area contributed by atoms with Gasteiger partial charge in [-0.3, -0.25) is 14.5 Å². The molecule has 0 aliphatic heterocycles. The summed E-state index contributed by atoms with van der Waals surface area (Å²) in [5, 5.41) is 3.49. The average molecular weight is 414 g/mol. The number of hydrogen-bond acceptors (Lipinski definition) is 5. The summed E-state index contributed by atoms with van der Waals surface area (Å²) in [6, 6.07) is 18.4. The molecule has 0 spiro atoms. The Kier molecular flexibility index (Phi) is 7.45. The minimum Gasteiger partial charge on any atom is -0.383 e. The van der Waals surface area contributed by atoms with Crippen LogP contribution >= 0.6 is 23.5 Å². The van der Waals surface area contributed by atoms with Crippen molar-refractivity contribution in [1.29, 1.82) is 0 Å². The Morgan fingerprint density at radius 1 is 1.14 bits per heavy atom. The summed E-state index contributed by atoms with van der Waals surface area (Å²) >= 11 is 7.80. The van der Waals surface area contributed by atoms with Crippen LogP contribution < -0.4 is 10.0 Å². The molecule has 28 heavy (non-hydrogen) atoms. The van der Waals surface area contributed by atoms with Crippen LogP contribution in [0.1, 0.15) is 10.4 Å². The molecule has 3 aromatic rings. The number of rotatable bonds is 8. The number of carbonyl (C=O) groups excluding carboxylic acids is 1. The zero-order valence-corrected chi connectivity index (χ0v) is 16.9. The fourth-order valence-corrected chi connectivity index (χ4v) is 3.32. The first kappa shape index (κ1) is 20.4. The fourth-order valence-electron chi connectivity index (χ4n) is 2.48. The van der Waals surface area contributed by atoms with Crippen LogP contribution in [0.3, 0.4) is 0 Å². The molecular weight excluding hydrogens is 394 g/mol. The quantitative estimate of drug-likeness (QED) is 0.406. The van der Waals surface area contributed by atoms with Crippen LogP contribution in [0, 0.1) is 0 Å². The highest BCUT2D eigenvalue weighted by Crippen LogP contribution is 2.29. The summed E-state index contributed by atoms with van der Waals surface area (Å²) in [6.07, 6.45) is 1.71. The summed E-state index contributed by atoms with van der Waals surface area (Å²) < 4.78 is 8.18. The number of nitrogens with zero attached hydrogens (tertiary/aromatic N) is 1. The molecule has 144 valence electrons. The Morgan fingerprint density at radius 3 is 2.68 bits per heavy atom. The number of pyridine rings is 1. The van der Waals surface area contributed by atoms with Gasteiger partial charge in [-0.15, -0.1) is 0 Å². The van der Waals surface area contributed by atoms with E-state index in [1.165, 1.54) is 11.9 Å². The molecule has 1 amide bonds. The second-order valence-corrected chi connectivity index (χ2v) is 7.25. The van der Waals surface area contributed by atoms with Crippen LogP contribution in [0.25, 0.3) is 11.3 Å². The van der Waals surface area contributed by atoms with E-state index in [-0.39, 0.29) is 5.91 Å². The molecule has 0 fully saturated rings. The number of aromatic nitrogens is 1. The van der Waals surface area contributed by atoms with Gasteiger partial charge in [0.25, 0.3) is 5.91 Å². The zero-order valence-electron chi connectivity index (χ0n) is 15.3. The second-order valence-electron chi connectivity index (χ2n) is 5.88. The van der Waals surface area contributed by atoms with Crippen molar-refractivity contribution in [3.8, 4) is 11.3 Å². The molecule has 2 N–H and O–H groups in total. The maximum absolute atomic E-state index is 12.6. The summed E-state index contributed by atoms with van der Waals surface area (Å²) in [4.78, 5) is 17.9. The first-order valence-corrected chi connectivity index (χ1v) is 9.88. The van der Waals surface area contributed by atoms with Crippen molar-refractivity contribution in [2.24, 2.45) is 0 Å². The van der Waals surface area contributed by atoms with Crippen molar-refractivity contribution in [2.75, 3.05) is 25.6 Å². The van der Waals surface area contributed by atoms with Crippen molar-refractivity contribution >= 4 is 35.1 Å². The highest BCUT2D eigenvalue weighted by molar-refractivity contribution is 7.97. The number of methoxy groups -OCH3 is 1. The number of hydrogen-bond donors (Lipinski definition) is 2. The molecule has 0 atom stereocenters. The molecule has 0 aliphatic carbocycles. The minimum atomic E-state index is -0.182. The van der Waals surface area contributed by atoms with E-state index in [1.807, 2.05) is 36.4 Å². The summed E-state index contributed by atoms with van der Waals surface area (Å²) in [7, 11) is 1.67. The van der Waals surface area contributed by atoms with E-state index in [0.29, 0.717) is 22.9 Å². The van der Waals surface area contributed by atoms with Crippen LogP contribution in [0.4, 0.5) is 5.69 Å². The van der Waals surface area contributed by atoms with Crippen molar-refractivity contribution in [1.82, 2.24) is 9.71 Å². The van der Waals surface area contributed by atoms with Crippen LogP contribution in [0.5, 0.6) is 0 Å². The van der Waals surface area contributed by atoms with Gasteiger partial charge in [0.2, 0.25) is 0 Å². The molecule has 1 aromatic heterocycles. The molecule has 0 saturated heterocycles. The van der Waals surface area contributed by atoms with E-state index in [1.54, 1.807) is 37.6 Å². The van der Waals surface area contributed by atoms with Gasteiger partial charge in [0, 0.05) is 41.6 Å². The number of anilines is 1. The van der Waals surface area contributed by atoms with Crippen molar-refractivity contribution in [3.05, 3.63) is 77.4 Å². The molecule has 0 aliphatic rings. The lowest BCUT2D eigenvalue weighted by molar-refractivity contribution is 0.102. The van der Waals surface area contributed by atoms with Crippen LogP contribution in [-0.2, 0) is 4.74 Å². The Balaban J connectivity index is 1.66. The standard InChI is InChI=1S/C21H20ClN3O2S/c1-27-13-12-24-28-17-8-5-15(6-9-17)21(26)25-16-7-10-19(22)18(14-16)20-4-2-3-11-23-20/h2-11,14,24H,12-13H2,1H3,(H,25,26). The van der Waals surface area contributed by atoms with Crippen molar-refractivity contribution in [3.63, 3.8) is 0 Å². The second kappa shape index (κ2) is 10.2.